The molecule has 0 saturated carbocycles. The fourth-order valence-electron chi connectivity index (χ4n) is 2.31. The van der Waals surface area contributed by atoms with E-state index in [2.05, 4.69) is 4.74 Å². The predicted octanol–water partition coefficient (Wildman–Crippen LogP) is 1.62. The standard InChI is InChI=1S/C16H22N2O6/c1-4-13(10-19)17(9-11(2)16(21)24-3)15(20)12-5-7-14(8-6-12)18(22)23/h5-8,11,13,19H,4,9-10H2,1-3H3. The van der Waals surface area contributed by atoms with Crippen LogP contribution in [0.3, 0.4) is 0 Å². The van der Waals surface area contributed by atoms with Crippen LogP contribution in [-0.4, -0.2) is 53.1 Å². The number of methoxy groups -OCH3 is 1. The van der Waals surface area contributed by atoms with Crippen LogP contribution >= 0.6 is 0 Å². The highest BCUT2D eigenvalue weighted by molar-refractivity contribution is 5.95. The van der Waals surface area contributed by atoms with Gasteiger partial charge < -0.3 is 14.7 Å². The first-order chi connectivity index (χ1) is 11.3. The van der Waals surface area contributed by atoms with Crippen molar-refractivity contribution >= 4 is 17.6 Å². The highest BCUT2D eigenvalue weighted by atomic mass is 16.6. The molecule has 132 valence electrons. The number of esters is 1. The molecule has 24 heavy (non-hydrogen) atoms. The van der Waals surface area contributed by atoms with Crippen molar-refractivity contribution < 1.29 is 24.4 Å². The Morgan fingerprint density at radius 1 is 1.33 bits per heavy atom. The Balaban J connectivity index is 3.06. The quantitative estimate of drug-likeness (QED) is 0.438. The maximum atomic E-state index is 12.7. The first kappa shape index (κ1) is 19.6. The lowest BCUT2D eigenvalue weighted by Crippen LogP contribution is -2.45. The Morgan fingerprint density at radius 2 is 1.92 bits per heavy atom. The molecule has 1 N–H and O–H groups in total. The Bertz CT molecular complexity index is 583. The molecule has 0 aliphatic rings. The number of nitrogens with zero attached hydrogens (tertiary/aromatic N) is 2. The lowest BCUT2D eigenvalue weighted by Gasteiger charge is -2.31. The van der Waals surface area contributed by atoms with Gasteiger partial charge in [-0.1, -0.05) is 13.8 Å². The second-order valence-electron chi connectivity index (χ2n) is 5.43. The number of carbonyl (C=O) groups is 2. The van der Waals surface area contributed by atoms with Gasteiger partial charge in [-0.25, -0.2) is 0 Å². The van der Waals surface area contributed by atoms with Gasteiger partial charge >= 0.3 is 5.97 Å². The van der Waals surface area contributed by atoms with E-state index >= 15 is 0 Å². The molecule has 1 aromatic rings. The molecule has 0 aliphatic carbocycles. The smallest absolute Gasteiger partial charge is 0.310 e. The van der Waals surface area contributed by atoms with Crippen molar-refractivity contribution in [3.63, 3.8) is 0 Å². The SMILES string of the molecule is CCC(CO)N(CC(C)C(=O)OC)C(=O)c1ccc([N+](=O)[O-])cc1. The molecule has 2 unspecified atom stereocenters. The number of non-ortho nitro benzene ring substituents is 1. The highest BCUT2D eigenvalue weighted by Gasteiger charge is 2.27. The summed E-state index contributed by atoms with van der Waals surface area (Å²) in [5, 5.41) is 20.2. The van der Waals surface area contributed by atoms with Crippen LogP contribution in [-0.2, 0) is 9.53 Å². The molecule has 0 spiro atoms. The van der Waals surface area contributed by atoms with Crippen molar-refractivity contribution in [3.05, 3.63) is 39.9 Å². The van der Waals surface area contributed by atoms with Gasteiger partial charge in [-0.3, -0.25) is 19.7 Å². The van der Waals surface area contributed by atoms with Gasteiger partial charge in [-0.15, -0.1) is 0 Å². The Kier molecular flexibility index (Phi) is 7.31. The molecule has 0 saturated heterocycles. The molecule has 0 fully saturated rings. The van der Waals surface area contributed by atoms with Gasteiger partial charge in [0, 0.05) is 24.2 Å². The normalized spacial score (nSPS) is 13.0. The maximum Gasteiger partial charge on any atom is 0.310 e. The molecule has 1 amide bonds. The van der Waals surface area contributed by atoms with Gasteiger partial charge in [-0.2, -0.15) is 0 Å². The second kappa shape index (κ2) is 8.97. The molecule has 0 radical (unpaired) electrons. The summed E-state index contributed by atoms with van der Waals surface area (Å²) in [4.78, 5) is 35.9. The average Bonchev–Trinajstić information content (AvgIpc) is 2.60. The number of nitro benzene ring substituents is 1. The summed E-state index contributed by atoms with van der Waals surface area (Å²) in [5.74, 6) is -1.41. The van der Waals surface area contributed by atoms with E-state index in [1.54, 1.807) is 6.92 Å². The van der Waals surface area contributed by atoms with Crippen LogP contribution in [0.15, 0.2) is 24.3 Å². The molecule has 2 atom stereocenters. The van der Waals surface area contributed by atoms with Crippen molar-refractivity contribution in [3.8, 4) is 0 Å². The van der Waals surface area contributed by atoms with Crippen LogP contribution in [0.5, 0.6) is 0 Å². The fourth-order valence-corrected chi connectivity index (χ4v) is 2.31. The van der Waals surface area contributed by atoms with Crippen LogP contribution < -0.4 is 0 Å². The first-order valence-corrected chi connectivity index (χ1v) is 7.59. The lowest BCUT2D eigenvalue weighted by molar-refractivity contribution is -0.384. The number of carbonyl (C=O) groups excluding carboxylic acids is 2. The molecule has 8 nitrogen and oxygen atoms in total. The van der Waals surface area contributed by atoms with Crippen LogP contribution in [0.4, 0.5) is 5.69 Å². The number of benzene rings is 1. The first-order valence-electron chi connectivity index (χ1n) is 7.59. The second-order valence-corrected chi connectivity index (χ2v) is 5.43. The van der Waals surface area contributed by atoms with Crippen molar-refractivity contribution in [2.45, 2.75) is 26.3 Å². The summed E-state index contributed by atoms with van der Waals surface area (Å²) in [6.45, 7) is 3.29. The molecule has 0 aromatic heterocycles. The third kappa shape index (κ3) is 4.76. The van der Waals surface area contributed by atoms with Crippen molar-refractivity contribution in [2.75, 3.05) is 20.3 Å². The van der Waals surface area contributed by atoms with Crippen molar-refractivity contribution in [2.24, 2.45) is 5.92 Å². The molecule has 0 heterocycles. The van der Waals surface area contributed by atoms with Gasteiger partial charge in [0.05, 0.1) is 30.6 Å². The van der Waals surface area contributed by atoms with Crippen molar-refractivity contribution in [1.29, 1.82) is 0 Å². The number of aliphatic hydroxyl groups is 1. The van der Waals surface area contributed by atoms with Crippen LogP contribution in [0.25, 0.3) is 0 Å². The molecule has 0 bridgehead atoms. The summed E-state index contributed by atoms with van der Waals surface area (Å²) < 4.78 is 4.67. The molecule has 1 rings (SSSR count). The fraction of sp³-hybridized carbons (Fsp3) is 0.500. The van der Waals surface area contributed by atoms with Crippen LogP contribution in [0.2, 0.25) is 0 Å². The summed E-state index contributed by atoms with van der Waals surface area (Å²) in [6, 6.07) is 4.75. The third-order valence-corrected chi connectivity index (χ3v) is 3.78. The summed E-state index contributed by atoms with van der Waals surface area (Å²) in [6.07, 6.45) is 0.503. The zero-order chi connectivity index (χ0) is 18.3. The van der Waals surface area contributed by atoms with E-state index in [0.717, 1.165) is 0 Å². The Morgan fingerprint density at radius 3 is 2.33 bits per heavy atom. The largest absolute Gasteiger partial charge is 0.469 e. The highest BCUT2D eigenvalue weighted by Crippen LogP contribution is 2.17. The maximum absolute atomic E-state index is 12.7. The number of hydrogen-bond donors (Lipinski definition) is 1. The lowest BCUT2D eigenvalue weighted by atomic mass is 10.1. The Hall–Kier alpha value is -2.48. The monoisotopic (exact) mass is 338 g/mol. The van der Waals surface area contributed by atoms with E-state index in [-0.39, 0.29) is 24.4 Å². The van der Waals surface area contributed by atoms with Crippen LogP contribution in [0.1, 0.15) is 30.6 Å². The summed E-state index contributed by atoms with van der Waals surface area (Å²) >= 11 is 0. The van der Waals surface area contributed by atoms with Crippen molar-refractivity contribution in [1.82, 2.24) is 4.90 Å². The van der Waals surface area contributed by atoms with E-state index in [9.17, 15) is 24.8 Å². The number of rotatable bonds is 8. The molecule has 1 aromatic carbocycles. The van der Waals surface area contributed by atoms with Gasteiger partial charge in [0.1, 0.15) is 0 Å². The topological polar surface area (TPSA) is 110 Å². The third-order valence-electron chi connectivity index (χ3n) is 3.78. The van der Waals surface area contributed by atoms with E-state index in [1.807, 2.05) is 6.92 Å². The zero-order valence-corrected chi connectivity index (χ0v) is 14.0. The van der Waals surface area contributed by atoms with Gasteiger partial charge in [0.25, 0.3) is 11.6 Å². The van der Waals surface area contributed by atoms with E-state index in [4.69, 9.17) is 0 Å². The molecular weight excluding hydrogens is 316 g/mol. The minimum atomic E-state index is -0.558. The average molecular weight is 338 g/mol. The number of ether oxygens (including phenoxy) is 1. The number of aliphatic hydroxyl groups excluding tert-OH is 1. The van der Waals surface area contributed by atoms with Crippen LogP contribution in [0, 0.1) is 16.0 Å². The van der Waals surface area contributed by atoms with Gasteiger partial charge in [0.15, 0.2) is 0 Å². The molecular formula is C16H22N2O6. The minimum Gasteiger partial charge on any atom is -0.469 e. The predicted molar refractivity (Wildman–Crippen MR) is 86.5 cm³/mol. The Labute approximate surface area is 140 Å². The van der Waals surface area contributed by atoms with E-state index in [0.29, 0.717) is 6.42 Å². The van der Waals surface area contributed by atoms with E-state index in [1.165, 1.54) is 36.3 Å². The molecule has 0 aliphatic heterocycles. The minimum absolute atomic E-state index is 0.0849. The zero-order valence-electron chi connectivity index (χ0n) is 14.0. The number of nitro groups is 1. The number of amides is 1. The number of hydrogen-bond acceptors (Lipinski definition) is 6. The van der Waals surface area contributed by atoms with E-state index < -0.39 is 28.8 Å². The van der Waals surface area contributed by atoms with Gasteiger partial charge in [0.2, 0.25) is 0 Å². The molecule has 8 heteroatoms. The summed E-state index contributed by atoms with van der Waals surface area (Å²) in [5.41, 5.74) is 0.139. The summed E-state index contributed by atoms with van der Waals surface area (Å²) in [7, 11) is 1.27. The van der Waals surface area contributed by atoms with Gasteiger partial charge in [-0.05, 0) is 18.6 Å².